The summed E-state index contributed by atoms with van der Waals surface area (Å²) in [6, 6.07) is 8.83. The van der Waals surface area contributed by atoms with Gasteiger partial charge in [0.05, 0.1) is 0 Å². The lowest BCUT2D eigenvalue weighted by atomic mass is 9.88. The highest BCUT2D eigenvalue weighted by atomic mass is 16.6. The molecule has 1 aliphatic carbocycles. The Balaban J connectivity index is 0.000000765. The monoisotopic (exact) mass is 366 g/mol. The van der Waals surface area contributed by atoms with E-state index < -0.39 is 18.1 Å². The number of carbonyl (C=O) groups is 3. The number of likely N-dealkylation sites (N-methyl/N-ethyl adjacent to an activating group) is 1. The minimum Gasteiger partial charge on any atom is -0.450 e. The van der Waals surface area contributed by atoms with Crippen LogP contribution in [0.1, 0.15) is 37.7 Å². The van der Waals surface area contributed by atoms with Gasteiger partial charge in [0.1, 0.15) is 6.04 Å². The topological polar surface area (TPSA) is 127 Å². The second-order valence-corrected chi connectivity index (χ2v) is 6.25. The zero-order valence-corrected chi connectivity index (χ0v) is 14.8. The summed E-state index contributed by atoms with van der Waals surface area (Å²) in [5.74, 6) is -0.539. The molecule has 0 aliphatic heterocycles. The average molecular weight is 366 g/mol. The van der Waals surface area contributed by atoms with E-state index in [2.05, 4.69) is 0 Å². The van der Waals surface area contributed by atoms with Gasteiger partial charge in [0.15, 0.2) is 0 Å². The zero-order valence-electron chi connectivity index (χ0n) is 14.8. The third-order valence-electron chi connectivity index (χ3n) is 4.45. The second kappa shape index (κ2) is 11.1. The van der Waals surface area contributed by atoms with E-state index in [-0.39, 0.29) is 11.8 Å². The van der Waals surface area contributed by atoms with Gasteiger partial charge in [-0.2, -0.15) is 0 Å². The Labute approximate surface area is 152 Å². The van der Waals surface area contributed by atoms with Crippen LogP contribution in [0.25, 0.3) is 0 Å². The molecule has 1 saturated carbocycles. The number of carboxylic acid groups (broad SMARTS) is 2. The lowest BCUT2D eigenvalue weighted by Gasteiger charge is -2.31. The fourth-order valence-electron chi connectivity index (χ4n) is 3.11. The van der Waals surface area contributed by atoms with Crippen molar-refractivity contribution in [3.8, 4) is 0 Å². The quantitative estimate of drug-likeness (QED) is 0.468. The van der Waals surface area contributed by atoms with Gasteiger partial charge in [0, 0.05) is 19.4 Å². The van der Waals surface area contributed by atoms with E-state index in [0.717, 1.165) is 31.2 Å². The average Bonchev–Trinajstić information content (AvgIpc) is 2.65. The van der Waals surface area contributed by atoms with Gasteiger partial charge in [0.25, 0.3) is 5.91 Å². The first-order valence-corrected chi connectivity index (χ1v) is 8.53. The van der Waals surface area contributed by atoms with Gasteiger partial charge in [-0.25, -0.2) is 10.3 Å². The summed E-state index contributed by atoms with van der Waals surface area (Å²) in [4.78, 5) is 34.7. The molecule has 8 nitrogen and oxygen atoms in total. The lowest BCUT2D eigenvalue weighted by molar-refractivity contribution is -0.146. The van der Waals surface area contributed by atoms with Crippen LogP contribution < -0.4 is 5.48 Å². The van der Waals surface area contributed by atoms with Crippen molar-refractivity contribution in [2.45, 2.75) is 44.6 Å². The van der Waals surface area contributed by atoms with E-state index in [1.165, 1.54) is 11.3 Å². The summed E-state index contributed by atoms with van der Waals surface area (Å²) in [5.41, 5.74) is 2.65. The molecule has 1 fully saturated rings. The first kappa shape index (κ1) is 21.4. The van der Waals surface area contributed by atoms with Crippen molar-refractivity contribution in [3.63, 3.8) is 0 Å². The van der Waals surface area contributed by atoms with Gasteiger partial charge >= 0.3 is 6.16 Å². The molecule has 8 heteroatoms. The molecule has 0 radical (unpaired) electrons. The van der Waals surface area contributed by atoms with E-state index in [1.807, 2.05) is 30.3 Å². The molecule has 0 heterocycles. The molecule has 0 saturated heterocycles. The van der Waals surface area contributed by atoms with E-state index >= 15 is 0 Å². The molecule has 4 N–H and O–H groups in total. The van der Waals surface area contributed by atoms with Crippen molar-refractivity contribution < 1.29 is 29.8 Å². The number of hydroxylamine groups is 1. The highest BCUT2D eigenvalue weighted by Gasteiger charge is 2.31. The standard InChI is InChI=1S/C17H24N2O3.CH2O3/c1-19(17(21)14-10-6-3-7-11-14)15(16(20)18-22)12-13-8-4-2-5-9-13;2-1(3)4/h2,4-5,8-9,14-15,22H,3,6-7,10-12H2,1H3,(H,18,20);(H2,2,3,4). The number of hydrogen-bond donors (Lipinski definition) is 4. The van der Waals surface area contributed by atoms with Crippen LogP contribution in [0.3, 0.4) is 0 Å². The maximum Gasteiger partial charge on any atom is 0.503 e. The van der Waals surface area contributed by atoms with E-state index in [9.17, 15) is 9.59 Å². The van der Waals surface area contributed by atoms with Gasteiger partial charge in [0.2, 0.25) is 5.91 Å². The van der Waals surface area contributed by atoms with E-state index in [1.54, 1.807) is 12.5 Å². The van der Waals surface area contributed by atoms with E-state index in [0.29, 0.717) is 6.42 Å². The third kappa shape index (κ3) is 7.10. The van der Waals surface area contributed by atoms with Crippen molar-refractivity contribution in [1.29, 1.82) is 0 Å². The molecule has 0 spiro atoms. The number of nitrogens with zero attached hydrogens (tertiary/aromatic N) is 1. The summed E-state index contributed by atoms with van der Waals surface area (Å²) in [7, 11) is 1.65. The Bertz CT molecular complexity index is 583. The first-order valence-electron chi connectivity index (χ1n) is 8.53. The molecule has 0 aromatic heterocycles. The number of hydrogen-bond acceptors (Lipinski definition) is 4. The Morgan fingerprint density at radius 3 is 2.15 bits per heavy atom. The normalized spacial score (nSPS) is 15.2. The molecule has 2 rings (SSSR count). The van der Waals surface area contributed by atoms with Gasteiger partial charge in [-0.15, -0.1) is 0 Å². The molecule has 1 unspecified atom stereocenters. The largest absolute Gasteiger partial charge is 0.503 e. The van der Waals surface area contributed by atoms with Crippen LogP contribution in [0, 0.1) is 5.92 Å². The molecular weight excluding hydrogens is 340 g/mol. The Morgan fingerprint density at radius 1 is 1.12 bits per heavy atom. The fraction of sp³-hybridized carbons (Fsp3) is 0.500. The molecule has 1 atom stereocenters. The van der Waals surface area contributed by atoms with Crippen LogP contribution in [0.4, 0.5) is 4.79 Å². The maximum absolute atomic E-state index is 12.6. The summed E-state index contributed by atoms with van der Waals surface area (Å²) < 4.78 is 0. The third-order valence-corrected chi connectivity index (χ3v) is 4.45. The van der Waals surface area contributed by atoms with Crippen LogP contribution in [-0.4, -0.2) is 51.4 Å². The number of nitrogens with one attached hydrogen (secondary N) is 1. The minimum absolute atomic E-state index is 0.00326. The molecule has 144 valence electrons. The number of carbonyl (C=O) groups excluding carboxylic acids is 2. The lowest BCUT2D eigenvalue weighted by Crippen LogP contribution is -2.50. The first-order chi connectivity index (χ1) is 12.4. The molecule has 1 aliphatic rings. The summed E-state index contributed by atoms with van der Waals surface area (Å²) in [6.45, 7) is 0. The maximum atomic E-state index is 12.6. The number of benzene rings is 1. The van der Waals surface area contributed by atoms with Crippen LogP contribution in [-0.2, 0) is 16.0 Å². The highest BCUT2D eigenvalue weighted by molar-refractivity contribution is 5.88. The van der Waals surface area contributed by atoms with Crippen molar-refractivity contribution in [2.75, 3.05) is 7.05 Å². The van der Waals surface area contributed by atoms with Crippen molar-refractivity contribution in [2.24, 2.45) is 5.92 Å². The Hall–Kier alpha value is -2.61. The zero-order chi connectivity index (χ0) is 19.5. The molecule has 1 aromatic rings. The summed E-state index contributed by atoms with van der Waals surface area (Å²) in [5, 5.41) is 22.9. The smallest absolute Gasteiger partial charge is 0.450 e. The SMILES string of the molecule is CN(C(=O)C1CCCCC1)C(Cc1ccccc1)C(=O)NO.O=C(O)O. The van der Waals surface area contributed by atoms with Crippen molar-refractivity contribution >= 4 is 18.0 Å². The predicted octanol–water partition coefficient (Wildman–Crippen LogP) is 2.36. The van der Waals surface area contributed by atoms with Gasteiger partial charge in [-0.05, 0) is 18.4 Å². The molecule has 26 heavy (non-hydrogen) atoms. The Kier molecular flexibility index (Phi) is 9.14. The highest BCUT2D eigenvalue weighted by Crippen LogP contribution is 2.26. The van der Waals surface area contributed by atoms with Crippen LogP contribution >= 0.6 is 0 Å². The van der Waals surface area contributed by atoms with Crippen molar-refractivity contribution in [3.05, 3.63) is 35.9 Å². The summed E-state index contributed by atoms with van der Waals surface area (Å²) >= 11 is 0. The molecule has 0 bridgehead atoms. The van der Waals surface area contributed by atoms with Crippen LogP contribution in [0.2, 0.25) is 0 Å². The van der Waals surface area contributed by atoms with Crippen LogP contribution in [0.5, 0.6) is 0 Å². The summed E-state index contributed by atoms with van der Waals surface area (Å²) in [6.07, 6.45) is 3.66. The van der Waals surface area contributed by atoms with Gasteiger partial charge in [-0.1, -0.05) is 49.6 Å². The number of amides is 2. The van der Waals surface area contributed by atoms with Crippen molar-refractivity contribution in [1.82, 2.24) is 10.4 Å². The predicted molar refractivity (Wildman–Crippen MR) is 93.9 cm³/mol. The van der Waals surface area contributed by atoms with Crippen LogP contribution in [0.15, 0.2) is 30.3 Å². The number of rotatable bonds is 5. The minimum atomic E-state index is -1.83. The Morgan fingerprint density at radius 2 is 1.65 bits per heavy atom. The molecule has 1 aromatic carbocycles. The molecule has 2 amide bonds. The van der Waals surface area contributed by atoms with Gasteiger partial charge < -0.3 is 15.1 Å². The second-order valence-electron chi connectivity index (χ2n) is 6.25. The van der Waals surface area contributed by atoms with E-state index in [4.69, 9.17) is 20.2 Å². The van der Waals surface area contributed by atoms with Gasteiger partial charge in [-0.3, -0.25) is 14.8 Å². The molecular formula is C18H26N2O6. The fourth-order valence-corrected chi connectivity index (χ4v) is 3.11.